The lowest BCUT2D eigenvalue weighted by Gasteiger charge is -2.13. The number of rotatable bonds is 4. The van der Waals surface area contributed by atoms with Crippen LogP contribution in [0.5, 0.6) is 0 Å². The van der Waals surface area contributed by atoms with E-state index in [4.69, 9.17) is 5.73 Å². The molecule has 1 aliphatic rings. The highest BCUT2D eigenvalue weighted by Crippen LogP contribution is 2.16. The summed E-state index contributed by atoms with van der Waals surface area (Å²) in [6, 6.07) is 4.33. The molecule has 2 rings (SSSR count). The Morgan fingerprint density at radius 1 is 1.35 bits per heavy atom. The SMILES string of the molecule is Nc1ccc(S(=O)CCN2CCCC2)c(F)c1. The summed E-state index contributed by atoms with van der Waals surface area (Å²) in [6.07, 6.45) is 2.42. The Balaban J connectivity index is 1.94. The van der Waals surface area contributed by atoms with Gasteiger partial charge in [0.25, 0.3) is 0 Å². The molecule has 1 saturated heterocycles. The van der Waals surface area contributed by atoms with E-state index >= 15 is 0 Å². The number of nitrogen functional groups attached to an aromatic ring is 1. The Morgan fingerprint density at radius 3 is 2.71 bits per heavy atom. The molecular formula is C12H17FN2OS. The fourth-order valence-corrected chi connectivity index (χ4v) is 3.17. The minimum atomic E-state index is -1.27. The molecule has 1 heterocycles. The van der Waals surface area contributed by atoms with Crippen LogP contribution in [-0.4, -0.2) is 34.5 Å². The minimum Gasteiger partial charge on any atom is -0.399 e. The molecule has 1 atom stereocenters. The van der Waals surface area contributed by atoms with Gasteiger partial charge in [-0.25, -0.2) is 4.39 Å². The van der Waals surface area contributed by atoms with Gasteiger partial charge in [-0.15, -0.1) is 0 Å². The van der Waals surface area contributed by atoms with Crippen LogP contribution in [0.1, 0.15) is 12.8 Å². The summed E-state index contributed by atoms with van der Waals surface area (Å²) < 4.78 is 25.5. The molecule has 0 saturated carbocycles. The van der Waals surface area contributed by atoms with Crippen molar-refractivity contribution in [2.24, 2.45) is 0 Å². The first-order valence-electron chi connectivity index (χ1n) is 5.82. The van der Waals surface area contributed by atoms with Gasteiger partial charge < -0.3 is 10.6 Å². The number of hydrogen-bond acceptors (Lipinski definition) is 3. The van der Waals surface area contributed by atoms with Crippen LogP contribution in [0.3, 0.4) is 0 Å². The maximum absolute atomic E-state index is 13.5. The summed E-state index contributed by atoms with van der Waals surface area (Å²) in [5.41, 5.74) is 5.82. The van der Waals surface area contributed by atoms with Crippen molar-refractivity contribution in [2.45, 2.75) is 17.7 Å². The van der Waals surface area contributed by atoms with E-state index in [1.807, 2.05) is 0 Å². The van der Waals surface area contributed by atoms with Crippen molar-refractivity contribution in [3.05, 3.63) is 24.0 Å². The lowest BCUT2D eigenvalue weighted by molar-refractivity contribution is 0.360. The zero-order chi connectivity index (χ0) is 12.3. The molecule has 1 unspecified atom stereocenters. The predicted octanol–water partition coefficient (Wildman–Crippen LogP) is 1.61. The molecule has 3 nitrogen and oxygen atoms in total. The van der Waals surface area contributed by atoms with E-state index in [1.165, 1.54) is 25.0 Å². The number of benzene rings is 1. The zero-order valence-corrected chi connectivity index (χ0v) is 10.5. The molecule has 1 aromatic carbocycles. The third-order valence-electron chi connectivity index (χ3n) is 2.99. The van der Waals surface area contributed by atoms with Crippen LogP contribution < -0.4 is 5.73 Å². The molecule has 0 spiro atoms. The Bertz CT molecular complexity index is 419. The van der Waals surface area contributed by atoms with Crippen molar-refractivity contribution in [3.8, 4) is 0 Å². The molecule has 0 aromatic heterocycles. The maximum atomic E-state index is 13.5. The predicted molar refractivity (Wildman–Crippen MR) is 67.8 cm³/mol. The van der Waals surface area contributed by atoms with Crippen LogP contribution >= 0.6 is 0 Å². The highest BCUT2D eigenvalue weighted by atomic mass is 32.2. The van der Waals surface area contributed by atoms with Gasteiger partial charge >= 0.3 is 0 Å². The quantitative estimate of drug-likeness (QED) is 0.833. The highest BCUT2D eigenvalue weighted by molar-refractivity contribution is 7.85. The van der Waals surface area contributed by atoms with Crippen LogP contribution in [0.4, 0.5) is 10.1 Å². The van der Waals surface area contributed by atoms with Gasteiger partial charge in [0.2, 0.25) is 0 Å². The van der Waals surface area contributed by atoms with Gasteiger partial charge in [0.1, 0.15) is 5.82 Å². The van der Waals surface area contributed by atoms with Crippen molar-refractivity contribution in [1.29, 1.82) is 0 Å². The molecule has 1 aromatic rings. The molecule has 0 radical (unpaired) electrons. The number of likely N-dealkylation sites (tertiary alicyclic amines) is 1. The first-order valence-corrected chi connectivity index (χ1v) is 7.14. The first-order chi connectivity index (χ1) is 8.16. The van der Waals surface area contributed by atoms with Crippen molar-refractivity contribution in [2.75, 3.05) is 31.1 Å². The van der Waals surface area contributed by atoms with Crippen molar-refractivity contribution < 1.29 is 8.60 Å². The fraction of sp³-hybridized carbons (Fsp3) is 0.500. The van der Waals surface area contributed by atoms with E-state index in [9.17, 15) is 8.60 Å². The van der Waals surface area contributed by atoms with Crippen molar-refractivity contribution in [3.63, 3.8) is 0 Å². The number of anilines is 1. The average Bonchev–Trinajstić information content (AvgIpc) is 2.78. The van der Waals surface area contributed by atoms with Gasteiger partial charge in [-0.2, -0.15) is 0 Å². The summed E-state index contributed by atoms with van der Waals surface area (Å²) in [5, 5.41) is 0. The second kappa shape index (κ2) is 5.60. The summed E-state index contributed by atoms with van der Waals surface area (Å²) >= 11 is 0. The number of nitrogens with zero attached hydrogens (tertiary/aromatic N) is 1. The minimum absolute atomic E-state index is 0.262. The third-order valence-corrected chi connectivity index (χ3v) is 4.37. The summed E-state index contributed by atoms with van der Waals surface area (Å²) in [6.45, 7) is 2.92. The fourth-order valence-electron chi connectivity index (χ4n) is 2.03. The molecule has 2 N–H and O–H groups in total. The van der Waals surface area contributed by atoms with Crippen LogP contribution in [-0.2, 0) is 10.8 Å². The molecule has 17 heavy (non-hydrogen) atoms. The van der Waals surface area contributed by atoms with Gasteiger partial charge in [0.05, 0.1) is 15.7 Å². The average molecular weight is 256 g/mol. The maximum Gasteiger partial charge on any atom is 0.141 e. The summed E-state index contributed by atoms with van der Waals surface area (Å²) in [7, 11) is -1.27. The molecule has 1 aliphatic heterocycles. The molecule has 0 amide bonds. The number of halogens is 1. The van der Waals surface area contributed by atoms with Crippen LogP contribution in [0.15, 0.2) is 23.1 Å². The number of nitrogens with two attached hydrogens (primary N) is 1. The monoisotopic (exact) mass is 256 g/mol. The van der Waals surface area contributed by atoms with Crippen molar-refractivity contribution in [1.82, 2.24) is 4.90 Å². The van der Waals surface area contributed by atoms with E-state index in [0.717, 1.165) is 19.6 Å². The van der Waals surface area contributed by atoms with E-state index in [2.05, 4.69) is 4.90 Å². The topological polar surface area (TPSA) is 46.3 Å². The van der Waals surface area contributed by atoms with E-state index in [0.29, 0.717) is 11.4 Å². The normalized spacial score (nSPS) is 18.4. The first kappa shape index (κ1) is 12.5. The highest BCUT2D eigenvalue weighted by Gasteiger charge is 2.15. The molecule has 94 valence electrons. The third kappa shape index (κ3) is 3.26. The second-order valence-electron chi connectivity index (χ2n) is 4.29. The molecule has 0 aliphatic carbocycles. The van der Waals surface area contributed by atoms with Crippen LogP contribution in [0.2, 0.25) is 0 Å². The summed E-state index contributed by atoms with van der Waals surface area (Å²) in [4.78, 5) is 2.53. The van der Waals surface area contributed by atoms with Crippen molar-refractivity contribution >= 4 is 16.5 Å². The van der Waals surface area contributed by atoms with Gasteiger partial charge in [0, 0.05) is 18.0 Å². The van der Waals surface area contributed by atoms with Crippen LogP contribution in [0.25, 0.3) is 0 Å². The zero-order valence-electron chi connectivity index (χ0n) is 9.69. The largest absolute Gasteiger partial charge is 0.399 e. The Labute approximate surface area is 103 Å². The van der Waals surface area contributed by atoms with E-state index in [1.54, 1.807) is 6.07 Å². The second-order valence-corrected chi connectivity index (χ2v) is 5.83. The molecule has 5 heteroatoms. The lowest BCUT2D eigenvalue weighted by Crippen LogP contribution is -2.24. The smallest absolute Gasteiger partial charge is 0.141 e. The summed E-state index contributed by atoms with van der Waals surface area (Å²) in [5.74, 6) is 0.0191. The Kier molecular flexibility index (Phi) is 4.12. The van der Waals surface area contributed by atoms with Crippen LogP contribution in [0, 0.1) is 5.82 Å². The molecule has 1 fully saturated rings. The molecule has 0 bridgehead atoms. The number of hydrogen-bond donors (Lipinski definition) is 1. The van der Waals surface area contributed by atoms with Gasteiger partial charge in [-0.3, -0.25) is 4.21 Å². The van der Waals surface area contributed by atoms with E-state index < -0.39 is 16.6 Å². The standard InChI is InChI=1S/C12H17FN2OS/c13-11-9-10(14)3-4-12(11)17(16)8-7-15-5-1-2-6-15/h3-4,9H,1-2,5-8,14H2. The molecular weight excluding hydrogens is 239 g/mol. The Hall–Kier alpha value is -0.940. The van der Waals surface area contributed by atoms with E-state index in [-0.39, 0.29) is 4.90 Å². The lowest BCUT2D eigenvalue weighted by atomic mass is 10.3. The Morgan fingerprint density at radius 2 is 2.06 bits per heavy atom. The van der Waals surface area contributed by atoms with Gasteiger partial charge in [-0.05, 0) is 44.1 Å². The van der Waals surface area contributed by atoms with Gasteiger partial charge in [-0.1, -0.05) is 0 Å². The van der Waals surface area contributed by atoms with Gasteiger partial charge in [0.15, 0.2) is 0 Å².